The van der Waals surface area contributed by atoms with Gasteiger partial charge in [0.2, 0.25) is 0 Å². The molecule has 2 aliphatic rings. The Bertz CT molecular complexity index is 339. The molecule has 0 aromatic heterocycles. The van der Waals surface area contributed by atoms with Crippen LogP contribution in [-0.2, 0) is 12.8 Å². The Hall–Kier alpha value is -0.820. The van der Waals surface area contributed by atoms with Gasteiger partial charge in [-0.3, -0.25) is 0 Å². The summed E-state index contributed by atoms with van der Waals surface area (Å²) >= 11 is 0. The van der Waals surface area contributed by atoms with Crippen LogP contribution in [0, 0.1) is 0 Å². The van der Waals surface area contributed by atoms with E-state index in [2.05, 4.69) is 23.5 Å². The second-order valence-corrected chi connectivity index (χ2v) is 4.53. The van der Waals surface area contributed by atoms with Crippen LogP contribution in [-0.4, -0.2) is 6.54 Å². The van der Waals surface area contributed by atoms with Crippen molar-refractivity contribution in [2.75, 3.05) is 6.54 Å². The third-order valence-corrected chi connectivity index (χ3v) is 3.60. The zero-order valence-corrected chi connectivity index (χ0v) is 8.55. The van der Waals surface area contributed by atoms with Gasteiger partial charge in [-0.2, -0.15) is 0 Å². The number of benzene rings is 1. The van der Waals surface area contributed by atoms with Gasteiger partial charge in [0, 0.05) is 6.04 Å². The zero-order chi connectivity index (χ0) is 9.38. The molecule has 1 aliphatic heterocycles. The lowest BCUT2D eigenvalue weighted by molar-refractivity contribution is 0.383. The molecule has 0 saturated carbocycles. The van der Waals surface area contributed by atoms with E-state index in [1.54, 1.807) is 11.1 Å². The summed E-state index contributed by atoms with van der Waals surface area (Å²) in [5.41, 5.74) is 4.72. The Morgan fingerprint density at radius 2 is 1.86 bits per heavy atom. The number of aryl methyl sites for hydroxylation is 2. The molecule has 14 heavy (non-hydrogen) atoms. The molecule has 3 rings (SSSR count). The lowest BCUT2D eigenvalue weighted by Crippen LogP contribution is -2.35. The molecule has 1 heteroatoms. The third-order valence-electron chi connectivity index (χ3n) is 3.60. The highest BCUT2D eigenvalue weighted by atomic mass is 15.0. The van der Waals surface area contributed by atoms with Crippen LogP contribution in [0.4, 0.5) is 0 Å². The molecule has 1 unspecified atom stereocenters. The smallest absolute Gasteiger partial charge is 0.0332 e. The van der Waals surface area contributed by atoms with E-state index in [1.165, 1.54) is 44.2 Å². The van der Waals surface area contributed by atoms with Crippen molar-refractivity contribution < 1.29 is 0 Å². The van der Waals surface area contributed by atoms with Crippen molar-refractivity contribution >= 4 is 0 Å². The minimum Gasteiger partial charge on any atom is -0.310 e. The first-order valence-electron chi connectivity index (χ1n) is 5.78. The van der Waals surface area contributed by atoms with Crippen LogP contribution in [0.15, 0.2) is 18.2 Å². The highest BCUT2D eigenvalue weighted by Crippen LogP contribution is 2.28. The lowest BCUT2D eigenvalue weighted by atomic mass is 9.87. The molecular weight excluding hydrogens is 170 g/mol. The maximum absolute atomic E-state index is 3.47. The summed E-state index contributed by atoms with van der Waals surface area (Å²) in [5, 5.41) is 3.47. The topological polar surface area (TPSA) is 12.0 Å². The van der Waals surface area contributed by atoms with Crippen LogP contribution in [0.1, 0.15) is 42.0 Å². The Morgan fingerprint density at radius 3 is 2.57 bits per heavy atom. The largest absolute Gasteiger partial charge is 0.310 e. The van der Waals surface area contributed by atoms with Crippen LogP contribution >= 0.6 is 0 Å². The van der Waals surface area contributed by atoms with Crippen molar-refractivity contribution in [3.63, 3.8) is 0 Å². The maximum atomic E-state index is 3.47. The predicted molar refractivity (Wildman–Crippen MR) is 58.4 cm³/mol. The van der Waals surface area contributed by atoms with Crippen molar-refractivity contribution in [3.05, 3.63) is 34.9 Å². The molecule has 0 radical (unpaired) electrons. The second kappa shape index (κ2) is 3.39. The van der Waals surface area contributed by atoms with E-state index in [1.807, 2.05) is 0 Å². The quantitative estimate of drug-likeness (QED) is 0.712. The number of hydrogen-bond donors (Lipinski definition) is 1. The minimum absolute atomic E-state index is 0.655. The zero-order valence-electron chi connectivity index (χ0n) is 8.55. The highest BCUT2D eigenvalue weighted by molar-refractivity contribution is 5.35. The summed E-state index contributed by atoms with van der Waals surface area (Å²) in [5.74, 6) is 0. The molecule has 1 nitrogen and oxygen atoms in total. The van der Waals surface area contributed by atoms with Gasteiger partial charge in [-0.05, 0) is 55.3 Å². The van der Waals surface area contributed by atoms with E-state index in [0.29, 0.717) is 6.04 Å². The van der Waals surface area contributed by atoms with Crippen LogP contribution in [0.3, 0.4) is 0 Å². The lowest BCUT2D eigenvalue weighted by Gasteiger charge is -2.29. The van der Waals surface area contributed by atoms with Crippen LogP contribution in [0.5, 0.6) is 0 Å². The van der Waals surface area contributed by atoms with E-state index in [9.17, 15) is 0 Å². The number of fused-ring (bicyclic) bond motifs is 1. The molecule has 1 N–H and O–H groups in total. The monoisotopic (exact) mass is 187 g/mol. The molecule has 1 aromatic carbocycles. The Labute approximate surface area is 85.5 Å². The van der Waals surface area contributed by atoms with Gasteiger partial charge in [0.05, 0.1) is 0 Å². The van der Waals surface area contributed by atoms with Gasteiger partial charge < -0.3 is 5.32 Å². The van der Waals surface area contributed by atoms with Gasteiger partial charge >= 0.3 is 0 Å². The molecule has 74 valence electrons. The van der Waals surface area contributed by atoms with Crippen molar-refractivity contribution in [3.8, 4) is 0 Å². The van der Waals surface area contributed by atoms with Gasteiger partial charge in [0.25, 0.3) is 0 Å². The fraction of sp³-hybridized carbons (Fsp3) is 0.538. The Balaban J connectivity index is 1.92. The first-order chi connectivity index (χ1) is 6.93. The van der Waals surface area contributed by atoms with Crippen LogP contribution < -0.4 is 5.32 Å². The van der Waals surface area contributed by atoms with E-state index in [0.717, 1.165) is 0 Å². The summed E-state index contributed by atoms with van der Waals surface area (Å²) < 4.78 is 0. The van der Waals surface area contributed by atoms with Gasteiger partial charge in [-0.15, -0.1) is 0 Å². The normalized spacial score (nSPS) is 25.3. The van der Waals surface area contributed by atoms with E-state index in [-0.39, 0.29) is 0 Å². The van der Waals surface area contributed by atoms with Crippen molar-refractivity contribution in [1.82, 2.24) is 5.32 Å². The molecule has 1 atom stereocenters. The van der Waals surface area contributed by atoms with Gasteiger partial charge in [-0.25, -0.2) is 0 Å². The van der Waals surface area contributed by atoms with Gasteiger partial charge in [-0.1, -0.05) is 18.2 Å². The fourth-order valence-electron chi connectivity index (χ4n) is 2.54. The van der Waals surface area contributed by atoms with E-state index >= 15 is 0 Å². The van der Waals surface area contributed by atoms with E-state index in [4.69, 9.17) is 0 Å². The average Bonchev–Trinajstić information content (AvgIpc) is 2.15. The molecule has 1 heterocycles. The fourth-order valence-corrected chi connectivity index (χ4v) is 2.54. The molecule has 0 bridgehead atoms. The first kappa shape index (κ1) is 8.49. The minimum atomic E-state index is 0.655. The predicted octanol–water partition coefficient (Wildman–Crippen LogP) is 2.60. The van der Waals surface area contributed by atoms with Crippen molar-refractivity contribution in [1.29, 1.82) is 0 Å². The SMILES string of the molecule is c1cc2c(cc1C1CCN1)CCCC2. The molecule has 1 aliphatic carbocycles. The number of rotatable bonds is 1. The summed E-state index contributed by atoms with van der Waals surface area (Å²) in [6, 6.07) is 7.76. The average molecular weight is 187 g/mol. The number of nitrogens with one attached hydrogen (secondary N) is 1. The molecule has 0 spiro atoms. The molecule has 1 fully saturated rings. The number of hydrogen-bond acceptors (Lipinski definition) is 1. The summed E-state index contributed by atoms with van der Waals surface area (Å²) in [6.07, 6.45) is 6.69. The Kier molecular flexibility index (Phi) is 2.06. The van der Waals surface area contributed by atoms with E-state index < -0.39 is 0 Å². The highest BCUT2D eigenvalue weighted by Gasteiger charge is 2.19. The molecule has 0 amide bonds. The molecular formula is C13H17N. The van der Waals surface area contributed by atoms with Crippen molar-refractivity contribution in [2.24, 2.45) is 0 Å². The first-order valence-corrected chi connectivity index (χ1v) is 5.78. The standard InChI is InChI=1S/C13H17N/c1-2-4-11-9-12(13-7-8-14-13)6-5-10(11)3-1/h5-6,9,13-14H,1-4,7-8H2. The van der Waals surface area contributed by atoms with Gasteiger partial charge in [0.15, 0.2) is 0 Å². The summed E-state index contributed by atoms with van der Waals surface area (Å²) in [6.45, 7) is 1.20. The third kappa shape index (κ3) is 1.36. The van der Waals surface area contributed by atoms with Gasteiger partial charge in [0.1, 0.15) is 0 Å². The molecule has 1 saturated heterocycles. The molecule has 1 aromatic rings. The van der Waals surface area contributed by atoms with Crippen LogP contribution in [0.2, 0.25) is 0 Å². The summed E-state index contributed by atoms with van der Waals surface area (Å²) in [4.78, 5) is 0. The van der Waals surface area contributed by atoms with Crippen molar-refractivity contribution in [2.45, 2.75) is 38.1 Å². The Morgan fingerprint density at radius 1 is 1.07 bits per heavy atom. The summed E-state index contributed by atoms with van der Waals surface area (Å²) in [7, 11) is 0. The second-order valence-electron chi connectivity index (χ2n) is 4.53. The van der Waals surface area contributed by atoms with Crippen LogP contribution in [0.25, 0.3) is 0 Å². The maximum Gasteiger partial charge on any atom is 0.0332 e.